The molecule has 1 aliphatic rings. The molecule has 0 radical (unpaired) electrons. The molecule has 9 nitrogen and oxygen atoms in total. The lowest BCUT2D eigenvalue weighted by molar-refractivity contribution is -0.387. The third-order valence-electron chi connectivity index (χ3n) is 5.30. The molecule has 1 fully saturated rings. The number of nitrogens with zero attached hydrogens (tertiary/aromatic N) is 3. The summed E-state index contributed by atoms with van der Waals surface area (Å²) in [6.07, 6.45) is 0. The van der Waals surface area contributed by atoms with Gasteiger partial charge in [-0.1, -0.05) is 36.4 Å². The lowest BCUT2D eigenvalue weighted by Gasteiger charge is -2.34. The zero-order valence-electron chi connectivity index (χ0n) is 16.3. The molecule has 1 amide bonds. The van der Waals surface area contributed by atoms with Crippen molar-refractivity contribution in [3.8, 4) is 5.75 Å². The molecule has 31 heavy (non-hydrogen) atoms. The molecule has 0 unspecified atom stereocenters. The number of carbonyl (C=O) groups is 1. The molecule has 10 heteroatoms. The highest BCUT2D eigenvalue weighted by atomic mass is 32.2. The fourth-order valence-electron chi connectivity index (χ4n) is 3.67. The molecule has 0 aromatic heterocycles. The third-order valence-corrected chi connectivity index (χ3v) is 7.25. The lowest BCUT2D eigenvalue weighted by Crippen LogP contribution is -2.50. The highest BCUT2D eigenvalue weighted by Gasteiger charge is 2.34. The summed E-state index contributed by atoms with van der Waals surface area (Å²) >= 11 is 0. The minimum Gasteiger partial charge on any atom is -0.507 e. The van der Waals surface area contributed by atoms with E-state index in [2.05, 4.69) is 0 Å². The maximum atomic E-state index is 12.9. The van der Waals surface area contributed by atoms with E-state index in [0.717, 1.165) is 21.1 Å². The van der Waals surface area contributed by atoms with E-state index in [9.17, 15) is 28.4 Å². The summed E-state index contributed by atoms with van der Waals surface area (Å²) in [5.74, 6) is -0.537. The largest absolute Gasteiger partial charge is 0.507 e. The molecule has 0 bridgehead atoms. The van der Waals surface area contributed by atoms with Crippen LogP contribution in [0, 0.1) is 10.1 Å². The van der Waals surface area contributed by atoms with E-state index in [1.165, 1.54) is 29.2 Å². The molecule has 0 aliphatic carbocycles. The van der Waals surface area contributed by atoms with E-state index in [0.29, 0.717) is 0 Å². The number of phenols is 1. The van der Waals surface area contributed by atoms with Crippen molar-refractivity contribution in [2.24, 2.45) is 0 Å². The van der Waals surface area contributed by atoms with Crippen molar-refractivity contribution >= 4 is 32.4 Å². The maximum absolute atomic E-state index is 12.9. The highest BCUT2D eigenvalue weighted by Crippen LogP contribution is 2.29. The average molecular weight is 441 g/mol. The maximum Gasteiger partial charge on any atom is 0.289 e. The van der Waals surface area contributed by atoms with Crippen molar-refractivity contribution in [2.45, 2.75) is 4.90 Å². The predicted octanol–water partition coefficient (Wildman–Crippen LogP) is 2.60. The average Bonchev–Trinajstić information content (AvgIpc) is 2.78. The number of aromatic hydroxyl groups is 1. The second kappa shape index (κ2) is 7.97. The fraction of sp³-hybridized carbons (Fsp3) is 0.190. The van der Waals surface area contributed by atoms with Gasteiger partial charge < -0.3 is 10.0 Å². The SMILES string of the molecule is O=C(c1cc2ccccc2cc1O)N1CCN(S(=O)(=O)c2ccccc2[N+](=O)[O-])CC1. The molecule has 4 rings (SSSR count). The van der Waals surface area contributed by atoms with Gasteiger partial charge in [0.05, 0.1) is 10.5 Å². The van der Waals surface area contributed by atoms with Gasteiger partial charge >= 0.3 is 0 Å². The molecule has 0 spiro atoms. The lowest BCUT2D eigenvalue weighted by atomic mass is 10.0. The van der Waals surface area contributed by atoms with Gasteiger partial charge in [0, 0.05) is 32.2 Å². The molecule has 0 saturated carbocycles. The number of para-hydroxylation sites is 1. The normalized spacial score (nSPS) is 15.2. The van der Waals surface area contributed by atoms with Crippen LogP contribution >= 0.6 is 0 Å². The molecule has 3 aromatic carbocycles. The standard InChI is InChI=1S/C21H19N3O6S/c25-19-14-16-6-2-1-5-15(16)13-17(19)21(26)22-9-11-23(12-10-22)31(29,30)20-8-4-3-7-18(20)24(27)28/h1-8,13-14,25H,9-12H2. The summed E-state index contributed by atoms with van der Waals surface area (Å²) in [7, 11) is -4.08. The highest BCUT2D eigenvalue weighted by molar-refractivity contribution is 7.89. The van der Waals surface area contributed by atoms with Crippen LogP contribution in [0.4, 0.5) is 5.69 Å². The first-order valence-corrected chi connectivity index (χ1v) is 11.0. The number of nitro groups is 1. The van der Waals surface area contributed by atoms with Gasteiger partial charge in [0.1, 0.15) is 5.75 Å². The molecule has 1 saturated heterocycles. The number of piperazine rings is 1. The zero-order chi connectivity index (χ0) is 22.2. The van der Waals surface area contributed by atoms with E-state index in [1.54, 1.807) is 6.07 Å². The summed E-state index contributed by atoms with van der Waals surface area (Å²) < 4.78 is 27.0. The van der Waals surface area contributed by atoms with Gasteiger partial charge in [0.25, 0.3) is 11.6 Å². The van der Waals surface area contributed by atoms with Crippen molar-refractivity contribution in [3.05, 3.63) is 76.3 Å². The Morgan fingerprint density at radius 1 is 0.935 bits per heavy atom. The number of nitro benzene ring substituents is 1. The van der Waals surface area contributed by atoms with Crippen LogP contribution in [0.1, 0.15) is 10.4 Å². The molecule has 0 atom stereocenters. The Hall–Kier alpha value is -3.50. The van der Waals surface area contributed by atoms with Crippen molar-refractivity contribution in [1.82, 2.24) is 9.21 Å². The molecule has 1 N–H and O–H groups in total. The minimum atomic E-state index is -4.08. The van der Waals surface area contributed by atoms with Crippen LogP contribution in [0.15, 0.2) is 65.6 Å². The summed E-state index contributed by atoms with van der Waals surface area (Å²) in [5, 5.41) is 23.1. The van der Waals surface area contributed by atoms with Crippen molar-refractivity contribution in [3.63, 3.8) is 0 Å². The van der Waals surface area contributed by atoms with Crippen molar-refractivity contribution < 1.29 is 23.2 Å². The summed E-state index contributed by atoms with van der Waals surface area (Å²) in [5.41, 5.74) is -0.337. The van der Waals surface area contributed by atoms with E-state index < -0.39 is 26.5 Å². The van der Waals surface area contributed by atoms with Crippen LogP contribution in [0.5, 0.6) is 5.75 Å². The van der Waals surface area contributed by atoms with E-state index in [1.807, 2.05) is 24.3 Å². The first kappa shape index (κ1) is 20.8. The summed E-state index contributed by atoms with van der Waals surface area (Å²) in [6, 6.07) is 15.7. The number of rotatable bonds is 4. The Balaban J connectivity index is 1.53. The van der Waals surface area contributed by atoms with E-state index in [4.69, 9.17) is 0 Å². The van der Waals surface area contributed by atoms with Gasteiger partial charge in [-0.15, -0.1) is 0 Å². The van der Waals surface area contributed by atoms with Crippen molar-refractivity contribution in [2.75, 3.05) is 26.2 Å². The number of sulfonamides is 1. The molecule has 1 heterocycles. The molecular weight excluding hydrogens is 422 g/mol. The second-order valence-electron chi connectivity index (χ2n) is 7.14. The van der Waals surface area contributed by atoms with E-state index in [-0.39, 0.29) is 42.4 Å². The monoisotopic (exact) mass is 441 g/mol. The van der Waals surface area contributed by atoms with Gasteiger partial charge in [-0.05, 0) is 29.0 Å². The Bertz CT molecular complexity index is 1280. The van der Waals surface area contributed by atoms with Crippen LogP contribution < -0.4 is 0 Å². The number of hydrogen-bond acceptors (Lipinski definition) is 6. The minimum absolute atomic E-state index is 0.00549. The fourth-order valence-corrected chi connectivity index (χ4v) is 5.25. The Morgan fingerprint density at radius 3 is 2.16 bits per heavy atom. The predicted molar refractivity (Wildman–Crippen MR) is 113 cm³/mol. The molecular formula is C21H19N3O6S. The number of benzene rings is 3. The van der Waals surface area contributed by atoms with Crippen LogP contribution in [-0.2, 0) is 10.0 Å². The van der Waals surface area contributed by atoms with Crippen molar-refractivity contribution in [1.29, 1.82) is 0 Å². The first-order chi connectivity index (χ1) is 14.8. The Kier molecular flexibility index (Phi) is 5.34. The summed E-state index contributed by atoms with van der Waals surface area (Å²) in [6.45, 7) is 0.193. The molecule has 3 aromatic rings. The van der Waals surface area contributed by atoms with Gasteiger partial charge in [0.2, 0.25) is 10.0 Å². The Morgan fingerprint density at radius 2 is 1.52 bits per heavy atom. The van der Waals surface area contributed by atoms with Gasteiger partial charge in [-0.2, -0.15) is 4.31 Å². The van der Waals surface area contributed by atoms with Crippen LogP contribution in [-0.4, -0.2) is 59.7 Å². The first-order valence-electron chi connectivity index (χ1n) is 9.53. The zero-order valence-corrected chi connectivity index (χ0v) is 17.2. The second-order valence-corrected chi connectivity index (χ2v) is 9.04. The van der Waals surface area contributed by atoms with Gasteiger partial charge in [-0.25, -0.2) is 8.42 Å². The number of amides is 1. The summed E-state index contributed by atoms with van der Waals surface area (Å²) in [4.78, 5) is 24.5. The van der Waals surface area contributed by atoms with Gasteiger partial charge in [-0.3, -0.25) is 14.9 Å². The van der Waals surface area contributed by atoms with Crippen LogP contribution in [0.25, 0.3) is 10.8 Å². The van der Waals surface area contributed by atoms with Gasteiger partial charge in [0.15, 0.2) is 4.90 Å². The molecule has 1 aliphatic heterocycles. The quantitative estimate of drug-likeness (QED) is 0.491. The smallest absolute Gasteiger partial charge is 0.289 e. The van der Waals surface area contributed by atoms with Crippen LogP contribution in [0.3, 0.4) is 0 Å². The topological polar surface area (TPSA) is 121 Å². The van der Waals surface area contributed by atoms with E-state index >= 15 is 0 Å². The third kappa shape index (κ3) is 3.82. The molecule has 160 valence electrons. The van der Waals surface area contributed by atoms with Crippen LogP contribution in [0.2, 0.25) is 0 Å². The number of fused-ring (bicyclic) bond motifs is 1. The number of carbonyl (C=O) groups excluding carboxylic acids is 1. The Labute approximate surface area is 178 Å². The number of hydrogen-bond donors (Lipinski definition) is 1. The number of phenolic OH excluding ortho intramolecular Hbond substituents is 1.